The second kappa shape index (κ2) is 8.81. The summed E-state index contributed by atoms with van der Waals surface area (Å²) in [5, 5.41) is 8.86. The number of halogens is 6. The number of carbonyl (C=O) groups excluding carboxylic acids is 2. The van der Waals surface area contributed by atoms with Crippen molar-refractivity contribution in [1.82, 2.24) is 24.5 Å². The second-order valence-corrected chi connectivity index (χ2v) is 8.98. The van der Waals surface area contributed by atoms with Crippen molar-refractivity contribution in [2.75, 3.05) is 5.32 Å². The highest BCUT2D eigenvalue weighted by Gasteiger charge is 2.40. The third kappa shape index (κ3) is 4.17. The quantitative estimate of drug-likeness (QED) is 0.351. The van der Waals surface area contributed by atoms with Crippen LogP contribution in [-0.2, 0) is 20.3 Å². The number of hydrogen-bond acceptors (Lipinski definition) is 6. The molecule has 0 aromatic carbocycles. The van der Waals surface area contributed by atoms with Gasteiger partial charge in [0, 0.05) is 30.7 Å². The highest BCUT2D eigenvalue weighted by molar-refractivity contribution is 7.21. The lowest BCUT2D eigenvalue weighted by atomic mass is 10.0. The summed E-state index contributed by atoms with van der Waals surface area (Å²) in [5.41, 5.74) is 3.66. The minimum Gasteiger partial charge on any atom is -0.365 e. The van der Waals surface area contributed by atoms with Crippen molar-refractivity contribution in [2.45, 2.75) is 19.5 Å². The fourth-order valence-corrected chi connectivity index (χ4v) is 4.96. The van der Waals surface area contributed by atoms with E-state index in [1.165, 1.54) is 10.9 Å². The molecule has 190 valence electrons. The minimum absolute atomic E-state index is 0.0535. The third-order valence-electron chi connectivity index (χ3n) is 5.37. The molecule has 0 bridgehead atoms. The number of nitrogens with one attached hydrogen (secondary N) is 1. The Morgan fingerprint density at radius 1 is 1.19 bits per heavy atom. The number of aryl methyl sites for hydroxylation is 2. The van der Waals surface area contributed by atoms with E-state index in [1.807, 2.05) is 0 Å². The van der Waals surface area contributed by atoms with Gasteiger partial charge in [-0.2, -0.15) is 23.4 Å². The summed E-state index contributed by atoms with van der Waals surface area (Å²) in [5.74, 6) is -2.16. The Kier molecular flexibility index (Phi) is 6.24. The van der Waals surface area contributed by atoms with Crippen molar-refractivity contribution in [1.29, 1.82) is 0 Å². The number of anilines is 1. The zero-order valence-electron chi connectivity index (χ0n) is 18.5. The van der Waals surface area contributed by atoms with Crippen molar-refractivity contribution in [2.24, 2.45) is 19.8 Å². The third-order valence-corrected chi connectivity index (χ3v) is 6.82. The average molecular weight is 548 g/mol. The van der Waals surface area contributed by atoms with Crippen molar-refractivity contribution in [3.8, 4) is 11.1 Å². The minimum atomic E-state index is -4.93. The van der Waals surface area contributed by atoms with Gasteiger partial charge >= 0.3 is 6.18 Å². The number of hydrogen-bond donors (Lipinski definition) is 2. The van der Waals surface area contributed by atoms with E-state index in [-0.39, 0.29) is 26.3 Å². The molecule has 4 aromatic heterocycles. The molecule has 4 aromatic rings. The number of amides is 2. The van der Waals surface area contributed by atoms with Crippen molar-refractivity contribution in [3.63, 3.8) is 0 Å². The summed E-state index contributed by atoms with van der Waals surface area (Å²) in [4.78, 5) is 28.9. The summed E-state index contributed by atoms with van der Waals surface area (Å²) in [6.45, 7) is 1.67. The average Bonchev–Trinajstić information content (AvgIpc) is 3.41. The molecular formula is C20H15ClF5N7O2S. The summed E-state index contributed by atoms with van der Waals surface area (Å²) in [6.07, 6.45) is -6.49. The molecule has 9 nitrogen and oxygen atoms in total. The van der Waals surface area contributed by atoms with Crippen molar-refractivity contribution >= 4 is 50.7 Å². The molecule has 4 rings (SSSR count). The Morgan fingerprint density at radius 2 is 1.86 bits per heavy atom. The van der Waals surface area contributed by atoms with Crippen LogP contribution >= 0.6 is 22.9 Å². The zero-order chi connectivity index (χ0) is 26.7. The molecule has 0 aliphatic rings. The molecular weight excluding hydrogens is 533 g/mol. The summed E-state index contributed by atoms with van der Waals surface area (Å²) < 4.78 is 69.0. The maximum atomic E-state index is 13.6. The van der Waals surface area contributed by atoms with E-state index in [2.05, 4.69) is 20.5 Å². The second-order valence-electron chi connectivity index (χ2n) is 7.60. The number of nitrogens with zero attached hydrogens (tertiary/aromatic N) is 5. The molecule has 3 N–H and O–H groups in total. The number of fused-ring (bicyclic) bond motifs is 1. The van der Waals surface area contributed by atoms with Crippen LogP contribution in [0.5, 0.6) is 0 Å². The van der Waals surface area contributed by atoms with Gasteiger partial charge in [-0.1, -0.05) is 11.6 Å². The predicted molar refractivity (Wildman–Crippen MR) is 121 cm³/mol. The molecule has 0 unspecified atom stereocenters. The molecule has 2 amide bonds. The lowest BCUT2D eigenvalue weighted by molar-refractivity contribution is -0.141. The van der Waals surface area contributed by atoms with Crippen LogP contribution in [0.4, 0.5) is 27.6 Å². The first kappa shape index (κ1) is 25.5. The fourth-order valence-electron chi connectivity index (χ4n) is 3.60. The van der Waals surface area contributed by atoms with Gasteiger partial charge in [-0.15, -0.1) is 11.3 Å². The number of primary amides is 1. The smallest absolute Gasteiger partial charge is 0.365 e. The zero-order valence-corrected chi connectivity index (χ0v) is 20.1. The first-order valence-electron chi connectivity index (χ1n) is 9.87. The fraction of sp³-hybridized carbons (Fsp3) is 0.250. The van der Waals surface area contributed by atoms with Crippen molar-refractivity contribution in [3.05, 3.63) is 44.9 Å². The summed E-state index contributed by atoms with van der Waals surface area (Å²) in [7, 11) is 2.71. The molecule has 0 radical (unpaired) electrons. The molecule has 0 atom stereocenters. The van der Waals surface area contributed by atoms with E-state index in [0.717, 1.165) is 13.1 Å². The molecule has 36 heavy (non-hydrogen) atoms. The van der Waals surface area contributed by atoms with Crippen LogP contribution in [-0.4, -0.2) is 36.4 Å². The highest BCUT2D eigenvalue weighted by Crippen LogP contribution is 2.43. The number of alkyl halides is 5. The Bertz CT molecular complexity index is 1540. The van der Waals surface area contributed by atoms with Gasteiger partial charge < -0.3 is 11.1 Å². The largest absolute Gasteiger partial charge is 0.436 e. The van der Waals surface area contributed by atoms with Crippen LogP contribution in [0.25, 0.3) is 21.3 Å². The number of pyridine rings is 1. The summed E-state index contributed by atoms with van der Waals surface area (Å²) in [6, 6.07) is 1.09. The van der Waals surface area contributed by atoms with Gasteiger partial charge in [-0.05, 0) is 18.6 Å². The van der Waals surface area contributed by atoms with Gasteiger partial charge in [-0.3, -0.25) is 19.0 Å². The number of thiophene rings is 1. The number of carbonyl (C=O) groups is 2. The van der Waals surface area contributed by atoms with Gasteiger partial charge in [0.05, 0.1) is 11.9 Å². The van der Waals surface area contributed by atoms with E-state index in [1.54, 1.807) is 14.0 Å². The Hall–Kier alpha value is -3.59. The Labute approximate surface area is 207 Å². The van der Waals surface area contributed by atoms with Crippen LogP contribution in [0.3, 0.4) is 0 Å². The predicted octanol–water partition coefficient (Wildman–Crippen LogP) is 4.70. The highest BCUT2D eigenvalue weighted by atomic mass is 35.5. The SMILES string of the molecule is Cc1c(-c2cc(C(F)F)nc3sc(C(N)=O)c(NC(=O)c4c(Cl)c(C(F)(F)F)nn4C)c23)cnn1C. The lowest BCUT2D eigenvalue weighted by Gasteiger charge is -2.11. The van der Waals surface area contributed by atoms with E-state index < -0.39 is 46.5 Å². The topological polar surface area (TPSA) is 121 Å². The molecule has 0 fully saturated rings. The van der Waals surface area contributed by atoms with Gasteiger partial charge in [0.15, 0.2) is 5.69 Å². The molecule has 0 saturated carbocycles. The molecule has 0 saturated heterocycles. The lowest BCUT2D eigenvalue weighted by Crippen LogP contribution is -2.19. The van der Waals surface area contributed by atoms with E-state index in [4.69, 9.17) is 17.3 Å². The standard InChI is InChI=1S/C20H15ClF5N7O2S/c1-6-8(5-28-32(6)2)7-4-9(16(22)23)29-19-10(7)12(14(36-19)17(27)34)30-18(35)13-11(21)15(20(24,25)26)31-33(13)3/h4-5,16H,1-3H3,(H2,27,34)(H,30,35). The van der Waals surface area contributed by atoms with Crippen LogP contribution in [0.15, 0.2) is 12.3 Å². The van der Waals surface area contributed by atoms with Crippen LogP contribution < -0.4 is 11.1 Å². The Morgan fingerprint density at radius 3 is 2.36 bits per heavy atom. The monoisotopic (exact) mass is 547 g/mol. The first-order valence-corrected chi connectivity index (χ1v) is 11.1. The number of aromatic nitrogens is 5. The first-order chi connectivity index (χ1) is 16.7. The summed E-state index contributed by atoms with van der Waals surface area (Å²) >= 11 is 6.46. The van der Waals surface area contributed by atoms with Gasteiger partial charge in [0.1, 0.15) is 26.1 Å². The number of rotatable bonds is 5. The van der Waals surface area contributed by atoms with Crippen LogP contribution in [0.1, 0.15) is 43.7 Å². The van der Waals surface area contributed by atoms with Crippen LogP contribution in [0.2, 0.25) is 5.02 Å². The molecule has 0 aliphatic heterocycles. The molecule has 4 heterocycles. The molecule has 0 aliphatic carbocycles. The van der Waals surface area contributed by atoms with E-state index in [9.17, 15) is 31.5 Å². The number of nitrogens with two attached hydrogens (primary N) is 1. The van der Waals surface area contributed by atoms with Gasteiger partial charge in [-0.25, -0.2) is 13.8 Å². The van der Waals surface area contributed by atoms with Crippen LogP contribution in [0, 0.1) is 6.92 Å². The maximum absolute atomic E-state index is 13.6. The molecule has 0 spiro atoms. The van der Waals surface area contributed by atoms with E-state index >= 15 is 0 Å². The van der Waals surface area contributed by atoms with Gasteiger partial charge in [0.2, 0.25) is 0 Å². The molecule has 16 heteroatoms. The van der Waals surface area contributed by atoms with Crippen molar-refractivity contribution < 1.29 is 31.5 Å². The Balaban J connectivity index is 1.97. The normalized spacial score (nSPS) is 12.1. The van der Waals surface area contributed by atoms with E-state index in [0.29, 0.717) is 27.3 Å². The van der Waals surface area contributed by atoms with Gasteiger partial charge in [0.25, 0.3) is 18.2 Å². The maximum Gasteiger partial charge on any atom is 0.436 e.